The van der Waals surface area contributed by atoms with Gasteiger partial charge in [0.15, 0.2) is 0 Å². The van der Waals surface area contributed by atoms with Gasteiger partial charge >= 0.3 is 6.61 Å². The minimum Gasteiger partial charge on any atom is -0.496 e. The van der Waals surface area contributed by atoms with Crippen molar-refractivity contribution in [1.29, 1.82) is 0 Å². The molecule has 2 N–H and O–H groups in total. The molecule has 2 aromatic heterocycles. The number of benzene rings is 1. The van der Waals surface area contributed by atoms with Gasteiger partial charge in [-0.3, -0.25) is 9.20 Å². The lowest BCUT2D eigenvalue weighted by molar-refractivity contribution is -0.0502. The molecule has 1 aliphatic heterocycles. The van der Waals surface area contributed by atoms with Crippen molar-refractivity contribution in [1.82, 2.24) is 20.0 Å². The van der Waals surface area contributed by atoms with Gasteiger partial charge in [-0.05, 0) is 50.4 Å². The highest BCUT2D eigenvalue weighted by atomic mass is 19.3. The number of hydrogen-bond acceptors (Lipinski definition) is 6. The summed E-state index contributed by atoms with van der Waals surface area (Å²) in [4.78, 5) is 17.2. The Morgan fingerprint density at radius 3 is 2.80 bits per heavy atom. The van der Waals surface area contributed by atoms with Crippen LogP contribution >= 0.6 is 0 Å². The number of hydrogen-bond donors (Lipinski definition) is 2. The molecule has 3 heterocycles. The van der Waals surface area contributed by atoms with Crippen molar-refractivity contribution in [2.75, 3.05) is 26.8 Å². The molecular formula is C25H28F2N4O4. The summed E-state index contributed by atoms with van der Waals surface area (Å²) < 4.78 is 44.4. The minimum atomic E-state index is -3.09. The molecule has 186 valence electrons. The minimum absolute atomic E-state index is 0.0508. The van der Waals surface area contributed by atoms with Crippen molar-refractivity contribution in [3.63, 3.8) is 0 Å². The zero-order chi connectivity index (χ0) is 24.4. The molecular weight excluding hydrogens is 458 g/mol. The molecule has 10 heteroatoms. The molecule has 35 heavy (non-hydrogen) atoms. The van der Waals surface area contributed by atoms with Crippen molar-refractivity contribution in [2.45, 2.75) is 38.3 Å². The van der Waals surface area contributed by atoms with Gasteiger partial charge in [0.2, 0.25) is 0 Å². The first kappa shape index (κ1) is 23.3. The Hall–Kier alpha value is -3.40. The third kappa shape index (κ3) is 5.32. The number of carbonyl (C=O) groups is 1. The summed E-state index contributed by atoms with van der Waals surface area (Å²) in [6.07, 6.45) is 7.47. The number of piperidine rings is 1. The van der Waals surface area contributed by atoms with Crippen molar-refractivity contribution in [3.8, 4) is 28.5 Å². The van der Waals surface area contributed by atoms with Crippen LogP contribution in [0.15, 0.2) is 36.7 Å². The van der Waals surface area contributed by atoms with E-state index < -0.39 is 12.5 Å². The summed E-state index contributed by atoms with van der Waals surface area (Å²) in [7, 11) is 1.39. The van der Waals surface area contributed by atoms with E-state index in [1.54, 1.807) is 12.3 Å². The number of halogens is 2. The molecule has 1 aromatic carbocycles. The van der Waals surface area contributed by atoms with Gasteiger partial charge in [0.25, 0.3) is 5.91 Å². The van der Waals surface area contributed by atoms with Crippen LogP contribution in [0.2, 0.25) is 0 Å². The van der Waals surface area contributed by atoms with Crippen molar-refractivity contribution in [3.05, 3.63) is 42.2 Å². The topological polar surface area (TPSA) is 86.1 Å². The Bertz CT molecular complexity index is 1210. The van der Waals surface area contributed by atoms with Crippen LogP contribution in [0, 0.1) is 5.92 Å². The zero-order valence-corrected chi connectivity index (χ0v) is 19.4. The molecule has 8 nitrogen and oxygen atoms in total. The van der Waals surface area contributed by atoms with E-state index in [1.807, 2.05) is 22.7 Å². The molecule has 1 aliphatic carbocycles. The molecule has 1 atom stereocenters. The van der Waals surface area contributed by atoms with Crippen LogP contribution < -0.4 is 24.8 Å². The molecule has 3 aromatic rings. The van der Waals surface area contributed by atoms with E-state index in [0.29, 0.717) is 35.2 Å². The van der Waals surface area contributed by atoms with Crippen molar-refractivity contribution < 1.29 is 27.8 Å². The monoisotopic (exact) mass is 486 g/mol. The fourth-order valence-corrected chi connectivity index (χ4v) is 4.34. The first-order valence-electron chi connectivity index (χ1n) is 11.8. The third-order valence-corrected chi connectivity index (χ3v) is 6.31. The molecule has 0 radical (unpaired) electrons. The Balaban J connectivity index is 1.44. The van der Waals surface area contributed by atoms with E-state index >= 15 is 0 Å². The first-order valence-corrected chi connectivity index (χ1v) is 11.8. The first-order chi connectivity index (χ1) is 17.0. The standard InChI is InChI=1S/C25H28F2N4O4/c1-33-20-9-16(10-21(35-25(26)27)23(20)24(32)30-17-4-5-17)19-13-29-22-11-18(6-8-31(19)22)34-14-15-3-2-7-28-12-15/h6,8-11,13,15,17,25,28H,2-5,7,12,14H2,1H3,(H,30,32)/t15-/m0/s1. The van der Waals surface area contributed by atoms with Crippen LogP contribution in [-0.2, 0) is 0 Å². The van der Waals surface area contributed by atoms with Gasteiger partial charge in [-0.25, -0.2) is 4.98 Å². The lowest BCUT2D eigenvalue weighted by Crippen LogP contribution is -2.33. The molecule has 1 saturated carbocycles. The molecule has 0 unspecified atom stereocenters. The average molecular weight is 487 g/mol. The second-order valence-corrected chi connectivity index (χ2v) is 8.94. The number of carbonyl (C=O) groups excluding carboxylic acids is 1. The lowest BCUT2D eigenvalue weighted by Gasteiger charge is -2.22. The number of alkyl halides is 2. The van der Waals surface area contributed by atoms with Crippen LogP contribution in [0.25, 0.3) is 16.9 Å². The maximum Gasteiger partial charge on any atom is 0.387 e. The van der Waals surface area contributed by atoms with Gasteiger partial charge in [-0.1, -0.05) is 0 Å². The van der Waals surface area contributed by atoms with E-state index in [0.717, 1.165) is 38.8 Å². The number of rotatable bonds is 9. The summed E-state index contributed by atoms with van der Waals surface area (Å²) in [5.74, 6) is 0.591. The molecule has 1 saturated heterocycles. The number of amides is 1. The van der Waals surface area contributed by atoms with Crippen LogP contribution in [0.1, 0.15) is 36.0 Å². The fraction of sp³-hybridized carbons (Fsp3) is 0.440. The third-order valence-electron chi connectivity index (χ3n) is 6.31. The molecule has 0 spiro atoms. The quantitative estimate of drug-likeness (QED) is 0.478. The molecule has 5 rings (SSSR count). The summed E-state index contributed by atoms with van der Waals surface area (Å²) in [6.45, 7) is -0.453. The zero-order valence-electron chi connectivity index (χ0n) is 19.4. The summed E-state index contributed by atoms with van der Waals surface area (Å²) >= 11 is 0. The molecule has 2 aliphatic rings. The Kier molecular flexibility index (Phi) is 6.72. The summed E-state index contributed by atoms with van der Waals surface area (Å²) in [5.41, 5.74) is 1.75. The normalized spacial score (nSPS) is 18.0. The number of imidazole rings is 1. The number of nitrogens with zero attached hydrogens (tertiary/aromatic N) is 2. The molecule has 2 fully saturated rings. The fourth-order valence-electron chi connectivity index (χ4n) is 4.34. The highest BCUT2D eigenvalue weighted by Crippen LogP contribution is 2.37. The number of fused-ring (bicyclic) bond motifs is 1. The van der Waals surface area contributed by atoms with E-state index in [-0.39, 0.29) is 23.1 Å². The average Bonchev–Trinajstić information content (AvgIpc) is 3.57. The highest BCUT2D eigenvalue weighted by molar-refractivity contribution is 6.01. The van der Waals surface area contributed by atoms with Gasteiger partial charge in [-0.15, -0.1) is 0 Å². The smallest absolute Gasteiger partial charge is 0.387 e. The highest BCUT2D eigenvalue weighted by Gasteiger charge is 2.29. The summed E-state index contributed by atoms with van der Waals surface area (Å²) in [5, 5.41) is 6.19. The van der Waals surface area contributed by atoms with Gasteiger partial charge in [-0.2, -0.15) is 8.78 Å². The van der Waals surface area contributed by atoms with Gasteiger partial charge < -0.3 is 24.8 Å². The van der Waals surface area contributed by atoms with Crippen LogP contribution in [0.3, 0.4) is 0 Å². The van der Waals surface area contributed by atoms with Gasteiger partial charge in [0.1, 0.15) is 28.5 Å². The number of ether oxygens (including phenoxy) is 3. The van der Waals surface area contributed by atoms with E-state index in [1.165, 1.54) is 13.2 Å². The number of nitrogens with one attached hydrogen (secondary N) is 2. The Morgan fingerprint density at radius 2 is 2.09 bits per heavy atom. The van der Waals surface area contributed by atoms with Crippen LogP contribution in [0.4, 0.5) is 8.78 Å². The SMILES string of the molecule is COc1cc(-c2cnc3cc(OC[C@H]4CCCNC4)ccn23)cc(OC(F)F)c1C(=O)NC1CC1. The summed E-state index contributed by atoms with van der Waals surface area (Å²) in [6, 6.07) is 6.78. The Labute approximate surface area is 201 Å². The molecule has 0 bridgehead atoms. The van der Waals surface area contributed by atoms with Gasteiger partial charge in [0, 0.05) is 36.3 Å². The predicted molar refractivity (Wildman–Crippen MR) is 125 cm³/mol. The number of pyridine rings is 1. The van der Waals surface area contributed by atoms with Crippen molar-refractivity contribution in [2.24, 2.45) is 5.92 Å². The van der Waals surface area contributed by atoms with E-state index in [2.05, 4.69) is 15.6 Å². The van der Waals surface area contributed by atoms with E-state index in [4.69, 9.17) is 14.2 Å². The largest absolute Gasteiger partial charge is 0.496 e. The lowest BCUT2D eigenvalue weighted by atomic mass is 10.0. The maximum atomic E-state index is 13.2. The number of methoxy groups -OCH3 is 1. The molecule has 1 amide bonds. The maximum absolute atomic E-state index is 13.2. The second kappa shape index (κ2) is 10.1. The van der Waals surface area contributed by atoms with Crippen LogP contribution in [0.5, 0.6) is 17.2 Å². The van der Waals surface area contributed by atoms with Crippen molar-refractivity contribution >= 4 is 11.6 Å². The Morgan fingerprint density at radius 1 is 1.26 bits per heavy atom. The van der Waals surface area contributed by atoms with Gasteiger partial charge in [0.05, 0.1) is 25.6 Å². The predicted octanol–water partition coefficient (Wildman–Crippen LogP) is 3.88. The number of aromatic nitrogens is 2. The van der Waals surface area contributed by atoms with E-state index in [9.17, 15) is 13.6 Å². The van der Waals surface area contributed by atoms with Crippen LogP contribution in [-0.4, -0.2) is 54.8 Å². The second-order valence-electron chi connectivity index (χ2n) is 8.94.